The van der Waals surface area contributed by atoms with E-state index >= 15 is 0 Å². The number of nitrogens with two attached hydrogens (primary N) is 1. The van der Waals surface area contributed by atoms with Gasteiger partial charge in [-0.3, -0.25) is 14.5 Å². The van der Waals surface area contributed by atoms with E-state index in [2.05, 4.69) is 20.0 Å². The van der Waals surface area contributed by atoms with E-state index in [0.717, 1.165) is 12.0 Å². The van der Waals surface area contributed by atoms with Gasteiger partial charge >= 0.3 is 12.1 Å². The molecule has 2 aromatic heterocycles. The lowest BCUT2D eigenvalue weighted by Gasteiger charge is -2.26. The predicted molar refractivity (Wildman–Crippen MR) is 139 cm³/mol. The number of hydrogen-bond acceptors (Lipinski definition) is 11. The number of pyridine rings is 2. The Morgan fingerprint density at radius 3 is 2.43 bits per heavy atom. The van der Waals surface area contributed by atoms with E-state index in [9.17, 15) is 19.2 Å². The fraction of sp³-hybridized carbons (Fsp3) is 0.280. The fourth-order valence-electron chi connectivity index (χ4n) is 2.85. The number of nitrogens with one attached hydrogen (secondary N) is 1. The molecule has 1 amide bonds. The summed E-state index contributed by atoms with van der Waals surface area (Å²) >= 11 is 0. The molecule has 2 rings (SSSR count). The molecule has 0 aromatic carbocycles. The van der Waals surface area contributed by atoms with Crippen LogP contribution in [-0.2, 0) is 19.1 Å². The van der Waals surface area contributed by atoms with Crippen molar-refractivity contribution in [2.24, 2.45) is 0 Å². The predicted octanol–water partition coefficient (Wildman–Crippen LogP) is 2.93. The Bertz CT molecular complexity index is 1220. The molecule has 37 heavy (non-hydrogen) atoms. The summed E-state index contributed by atoms with van der Waals surface area (Å²) in [6.07, 6.45) is 6.15. The number of aldehydes is 1. The molecule has 0 aliphatic rings. The highest BCUT2D eigenvalue weighted by Crippen LogP contribution is 2.30. The minimum atomic E-state index is -1.20. The largest absolute Gasteiger partial charge is 0.463 e. The molecule has 12 nitrogen and oxygen atoms in total. The molecule has 0 unspecified atom stereocenters. The Morgan fingerprint density at radius 2 is 1.86 bits per heavy atom. The second kappa shape index (κ2) is 12.3. The van der Waals surface area contributed by atoms with Gasteiger partial charge in [0.05, 0.1) is 24.2 Å². The van der Waals surface area contributed by atoms with Crippen molar-refractivity contribution in [3.8, 4) is 0 Å². The molecule has 0 aliphatic heterocycles. The summed E-state index contributed by atoms with van der Waals surface area (Å²) in [7, 11) is 4.20. The summed E-state index contributed by atoms with van der Waals surface area (Å²) in [6, 6.07) is 6.79. The first-order valence-electron chi connectivity index (χ1n) is 11.0. The van der Waals surface area contributed by atoms with Crippen molar-refractivity contribution >= 4 is 47.1 Å². The number of rotatable bonds is 9. The molecule has 0 saturated carbocycles. The van der Waals surface area contributed by atoms with Crippen LogP contribution in [0.5, 0.6) is 0 Å². The van der Waals surface area contributed by atoms with Crippen LogP contribution in [0.3, 0.4) is 0 Å². The number of esters is 1. The molecule has 0 saturated heterocycles. The van der Waals surface area contributed by atoms with Crippen molar-refractivity contribution in [2.75, 3.05) is 42.1 Å². The van der Waals surface area contributed by atoms with Crippen LogP contribution < -0.4 is 20.9 Å². The number of ketones is 1. The highest BCUT2D eigenvalue weighted by atomic mass is 16.6. The third-order valence-corrected chi connectivity index (χ3v) is 4.65. The SMILES string of the molecule is COC(=O)C(=O)c1nc(N/C(C=O)=C/C=C\N(C)c2ccccn2)cc(N(C)C(=O)OC(C)(C)C)c1N. The molecule has 0 fully saturated rings. The van der Waals surface area contributed by atoms with Crippen LogP contribution in [0.4, 0.5) is 27.8 Å². The summed E-state index contributed by atoms with van der Waals surface area (Å²) in [5.41, 5.74) is 4.68. The Kier molecular flexibility index (Phi) is 9.47. The molecule has 0 aliphatic carbocycles. The molecule has 12 heteroatoms. The van der Waals surface area contributed by atoms with Gasteiger partial charge in [0.2, 0.25) is 0 Å². The zero-order valence-electron chi connectivity index (χ0n) is 21.5. The topological polar surface area (TPSA) is 157 Å². The number of carbonyl (C=O) groups excluding carboxylic acids is 4. The first kappa shape index (κ1) is 28.5. The monoisotopic (exact) mass is 510 g/mol. The van der Waals surface area contributed by atoms with Gasteiger partial charge in [-0.2, -0.15) is 0 Å². The van der Waals surface area contributed by atoms with Gasteiger partial charge in [-0.25, -0.2) is 19.6 Å². The minimum absolute atomic E-state index is 0.0229. The van der Waals surface area contributed by atoms with Gasteiger partial charge < -0.3 is 25.4 Å². The fourth-order valence-corrected chi connectivity index (χ4v) is 2.85. The van der Waals surface area contributed by atoms with E-state index in [1.165, 1.54) is 19.2 Å². The summed E-state index contributed by atoms with van der Waals surface area (Å²) < 4.78 is 9.85. The third-order valence-electron chi connectivity index (χ3n) is 4.65. The van der Waals surface area contributed by atoms with E-state index in [-0.39, 0.29) is 22.9 Å². The molecule has 2 heterocycles. The average molecular weight is 511 g/mol. The van der Waals surface area contributed by atoms with Gasteiger partial charge in [0, 0.05) is 32.6 Å². The van der Waals surface area contributed by atoms with E-state index in [1.807, 2.05) is 12.1 Å². The lowest BCUT2D eigenvalue weighted by Crippen LogP contribution is -2.35. The number of hydrogen-bond donors (Lipinski definition) is 2. The average Bonchev–Trinajstić information content (AvgIpc) is 2.86. The molecule has 3 N–H and O–H groups in total. The summed E-state index contributed by atoms with van der Waals surface area (Å²) in [4.78, 5) is 59.9. The van der Waals surface area contributed by atoms with Crippen LogP contribution in [0.2, 0.25) is 0 Å². The highest BCUT2D eigenvalue weighted by molar-refractivity contribution is 6.41. The van der Waals surface area contributed by atoms with Crippen molar-refractivity contribution in [2.45, 2.75) is 26.4 Å². The Hall–Kier alpha value is -4.74. The number of methoxy groups -OCH3 is 1. The number of carbonyl (C=O) groups is 4. The lowest BCUT2D eigenvalue weighted by atomic mass is 10.1. The third kappa shape index (κ3) is 7.88. The van der Waals surface area contributed by atoms with E-state index in [1.54, 1.807) is 57.3 Å². The molecule has 0 radical (unpaired) electrons. The quantitative estimate of drug-likeness (QED) is 0.128. The number of nitrogen functional groups attached to an aromatic ring is 1. The van der Waals surface area contributed by atoms with Crippen LogP contribution in [0.15, 0.2) is 54.5 Å². The number of amides is 1. The zero-order valence-corrected chi connectivity index (χ0v) is 21.5. The Labute approximate surface area is 214 Å². The Morgan fingerprint density at radius 1 is 1.16 bits per heavy atom. The van der Waals surface area contributed by atoms with Gasteiger partial charge in [-0.15, -0.1) is 0 Å². The first-order chi connectivity index (χ1) is 17.4. The van der Waals surface area contributed by atoms with Crippen LogP contribution in [0, 0.1) is 0 Å². The van der Waals surface area contributed by atoms with Gasteiger partial charge in [0.25, 0.3) is 5.78 Å². The van der Waals surface area contributed by atoms with Crippen LogP contribution in [0.25, 0.3) is 0 Å². The summed E-state index contributed by atoms with van der Waals surface area (Å²) in [5, 5.41) is 2.76. The maximum absolute atomic E-state index is 12.6. The van der Waals surface area contributed by atoms with E-state index in [4.69, 9.17) is 10.5 Å². The number of ether oxygens (including phenoxy) is 2. The van der Waals surface area contributed by atoms with Gasteiger partial charge in [0.15, 0.2) is 6.29 Å². The van der Waals surface area contributed by atoms with Crippen molar-refractivity contribution in [1.29, 1.82) is 0 Å². The van der Waals surface area contributed by atoms with Crippen molar-refractivity contribution < 1.29 is 28.7 Å². The van der Waals surface area contributed by atoms with Crippen molar-refractivity contribution in [1.82, 2.24) is 9.97 Å². The van der Waals surface area contributed by atoms with Crippen LogP contribution in [-0.4, -0.2) is 60.9 Å². The smallest absolute Gasteiger partial charge is 0.414 e. The van der Waals surface area contributed by atoms with Crippen molar-refractivity contribution in [3.05, 3.63) is 60.2 Å². The number of nitrogens with zero attached hydrogens (tertiary/aromatic N) is 4. The summed E-state index contributed by atoms with van der Waals surface area (Å²) in [5.74, 6) is -1.67. The summed E-state index contributed by atoms with van der Waals surface area (Å²) in [6.45, 7) is 5.06. The number of aromatic nitrogens is 2. The second-order valence-electron chi connectivity index (χ2n) is 8.65. The van der Waals surface area contributed by atoms with Gasteiger partial charge in [-0.05, 0) is 45.1 Å². The maximum atomic E-state index is 12.6. The molecule has 0 atom stereocenters. The Balaban J connectivity index is 2.44. The van der Waals surface area contributed by atoms with E-state index < -0.39 is 29.1 Å². The molecular weight excluding hydrogens is 480 g/mol. The highest BCUT2D eigenvalue weighted by Gasteiger charge is 2.28. The molecular formula is C25H30N6O6. The number of Topliss-reactive ketones (excluding diaryl/α,β-unsaturated/α-hetero) is 1. The number of allylic oxidation sites excluding steroid dienone is 3. The van der Waals surface area contributed by atoms with Crippen LogP contribution >= 0.6 is 0 Å². The molecule has 0 bridgehead atoms. The molecule has 2 aromatic rings. The maximum Gasteiger partial charge on any atom is 0.414 e. The first-order valence-corrected chi connectivity index (χ1v) is 11.0. The van der Waals surface area contributed by atoms with Crippen molar-refractivity contribution in [3.63, 3.8) is 0 Å². The van der Waals surface area contributed by atoms with Crippen LogP contribution in [0.1, 0.15) is 31.3 Å². The standard InChI is InChI=1S/C25H30N6O6/c1-25(2,3)37-24(35)31(5)17-14-18(29-21(20(17)26)22(33)23(34)36-6)28-16(15-32)10-9-13-30(4)19-11-7-8-12-27-19/h7-15H,26H2,1-6H3,(H,28,29)/b13-9-,16-10+. The lowest BCUT2D eigenvalue weighted by molar-refractivity contribution is -0.135. The second-order valence-corrected chi connectivity index (χ2v) is 8.65. The minimum Gasteiger partial charge on any atom is -0.463 e. The van der Waals surface area contributed by atoms with E-state index in [0.29, 0.717) is 12.1 Å². The normalized spacial score (nSPS) is 11.6. The zero-order chi connectivity index (χ0) is 27.8. The molecule has 196 valence electrons. The molecule has 0 spiro atoms. The van der Waals surface area contributed by atoms with Gasteiger partial charge in [-0.1, -0.05) is 6.07 Å². The number of anilines is 4. The van der Waals surface area contributed by atoms with Gasteiger partial charge in [0.1, 0.15) is 22.9 Å².